The number of esters is 1. The number of para-hydroxylation sites is 1. The van der Waals surface area contributed by atoms with Crippen molar-refractivity contribution in [2.24, 2.45) is 10.7 Å². The van der Waals surface area contributed by atoms with Crippen molar-refractivity contribution in [3.05, 3.63) is 94.5 Å². The molecule has 0 unspecified atom stereocenters. The molecule has 224 valence electrons. The molecule has 0 saturated carbocycles. The van der Waals surface area contributed by atoms with Crippen LogP contribution in [0.15, 0.2) is 71.7 Å². The lowest BCUT2D eigenvalue weighted by atomic mass is 9.96. The van der Waals surface area contributed by atoms with Crippen LogP contribution in [0.25, 0.3) is 0 Å². The number of anilines is 2. The van der Waals surface area contributed by atoms with Crippen LogP contribution in [-0.2, 0) is 20.7 Å². The molecule has 2 amide bonds. The molecule has 0 bridgehead atoms. The number of hydrogen-bond donors (Lipinski definition) is 2. The van der Waals surface area contributed by atoms with Crippen LogP contribution in [0.2, 0.25) is 0 Å². The fraction of sp³-hybridized carbons (Fsp3) is 0.294. The van der Waals surface area contributed by atoms with Gasteiger partial charge in [-0.3, -0.25) is 9.59 Å². The maximum atomic E-state index is 13.4. The van der Waals surface area contributed by atoms with E-state index >= 15 is 0 Å². The molecular weight excluding hydrogens is 544 g/mol. The summed E-state index contributed by atoms with van der Waals surface area (Å²) in [6, 6.07) is 20.0. The first-order valence-electron chi connectivity index (χ1n) is 14.2. The molecule has 0 aromatic heterocycles. The Morgan fingerprint density at radius 2 is 1.72 bits per heavy atom. The van der Waals surface area contributed by atoms with E-state index in [0.29, 0.717) is 35.4 Å². The van der Waals surface area contributed by atoms with Gasteiger partial charge in [0.25, 0.3) is 5.91 Å². The topological polar surface area (TPSA) is 123 Å². The number of benzene rings is 3. The van der Waals surface area contributed by atoms with E-state index in [-0.39, 0.29) is 24.8 Å². The summed E-state index contributed by atoms with van der Waals surface area (Å²) in [6.45, 7) is 6.55. The quantitative estimate of drug-likeness (QED) is 0.101. The summed E-state index contributed by atoms with van der Waals surface area (Å²) >= 11 is 0. The number of amidine groups is 1. The van der Waals surface area contributed by atoms with Gasteiger partial charge in [0, 0.05) is 35.1 Å². The lowest BCUT2D eigenvalue weighted by molar-refractivity contribution is -0.142. The third-order valence-corrected chi connectivity index (χ3v) is 6.49. The van der Waals surface area contributed by atoms with Crippen molar-refractivity contribution >= 4 is 35.2 Å². The Balaban J connectivity index is 1.72. The Morgan fingerprint density at radius 3 is 2.40 bits per heavy atom. The Labute approximate surface area is 253 Å². The first-order valence-corrected chi connectivity index (χ1v) is 14.2. The Kier molecular flexibility index (Phi) is 12.3. The van der Waals surface area contributed by atoms with E-state index in [1.54, 1.807) is 43.1 Å². The Bertz CT molecular complexity index is 1510. The normalized spacial score (nSPS) is 10.7. The number of carbonyl (C=O) groups excluding carboxylic acids is 3. The number of hydrogen-bond acceptors (Lipinski definition) is 6. The first-order chi connectivity index (χ1) is 20.7. The van der Waals surface area contributed by atoms with E-state index in [1.807, 2.05) is 56.3 Å². The fourth-order valence-electron chi connectivity index (χ4n) is 4.09. The summed E-state index contributed by atoms with van der Waals surface area (Å²) in [4.78, 5) is 42.9. The number of amides is 2. The zero-order chi connectivity index (χ0) is 31.2. The second kappa shape index (κ2) is 16.4. The summed E-state index contributed by atoms with van der Waals surface area (Å²) in [5.41, 5.74) is 10.6. The predicted octanol–water partition coefficient (Wildman–Crippen LogP) is 5.48. The van der Waals surface area contributed by atoms with Gasteiger partial charge in [0.2, 0.25) is 0 Å². The standard InChI is InChI=1S/C34H38N4O5/c1-5-7-20-43-34(41)37-32(35)25-15-17-28(18-16-25)36-19-11-12-26-22-27(23-31(39)42-6-2)30(21-24(26)3)33(40)38(4)29-13-9-8-10-14-29/h8-10,13-18,21-22,36H,5-7,19-20,23H2,1-4H3,(H2,35,37,41). The molecule has 0 fully saturated rings. The average molecular weight is 583 g/mol. The van der Waals surface area contributed by atoms with Crippen molar-refractivity contribution in [1.29, 1.82) is 0 Å². The SMILES string of the molecule is CCCCOC(=O)N=C(N)c1ccc(NCC#Cc2cc(CC(=O)OCC)c(C(=O)N(C)c3ccccc3)cc2C)cc1. The molecule has 3 aromatic rings. The molecule has 0 heterocycles. The summed E-state index contributed by atoms with van der Waals surface area (Å²) < 4.78 is 10.2. The second-order valence-electron chi connectivity index (χ2n) is 9.70. The molecule has 0 aliphatic heterocycles. The number of unbranched alkanes of at least 4 members (excludes halogenated alkanes) is 1. The van der Waals surface area contributed by atoms with E-state index in [2.05, 4.69) is 22.2 Å². The second-order valence-corrected chi connectivity index (χ2v) is 9.70. The number of carbonyl (C=O) groups is 3. The van der Waals surface area contributed by atoms with Crippen LogP contribution in [0.4, 0.5) is 16.2 Å². The summed E-state index contributed by atoms with van der Waals surface area (Å²) in [7, 11) is 1.71. The minimum absolute atomic E-state index is 0.0417. The molecule has 0 saturated heterocycles. The maximum absolute atomic E-state index is 13.4. The predicted molar refractivity (Wildman–Crippen MR) is 169 cm³/mol. The van der Waals surface area contributed by atoms with Gasteiger partial charge in [-0.15, -0.1) is 0 Å². The van der Waals surface area contributed by atoms with Crippen LogP contribution in [-0.4, -0.2) is 50.6 Å². The number of nitrogens with zero attached hydrogens (tertiary/aromatic N) is 2. The van der Waals surface area contributed by atoms with Crippen LogP contribution in [0.1, 0.15) is 59.3 Å². The number of nitrogens with one attached hydrogen (secondary N) is 1. The van der Waals surface area contributed by atoms with Crippen LogP contribution in [0.5, 0.6) is 0 Å². The van der Waals surface area contributed by atoms with Crippen LogP contribution < -0.4 is 16.0 Å². The van der Waals surface area contributed by atoms with E-state index < -0.39 is 12.1 Å². The van der Waals surface area contributed by atoms with Gasteiger partial charge in [-0.25, -0.2) is 4.79 Å². The monoisotopic (exact) mass is 582 g/mol. The smallest absolute Gasteiger partial charge is 0.435 e. The zero-order valence-electron chi connectivity index (χ0n) is 25.1. The summed E-state index contributed by atoms with van der Waals surface area (Å²) in [5, 5.41) is 3.22. The number of ether oxygens (including phenoxy) is 2. The van der Waals surface area contributed by atoms with Crippen molar-refractivity contribution in [2.45, 2.75) is 40.0 Å². The third-order valence-electron chi connectivity index (χ3n) is 6.49. The highest BCUT2D eigenvalue weighted by atomic mass is 16.5. The van der Waals surface area contributed by atoms with Crippen LogP contribution >= 0.6 is 0 Å². The molecule has 9 heteroatoms. The number of nitrogens with two attached hydrogens (primary N) is 1. The minimum atomic E-state index is -0.704. The summed E-state index contributed by atoms with van der Waals surface area (Å²) in [5.74, 6) is 5.69. The molecule has 0 aliphatic rings. The van der Waals surface area contributed by atoms with Gasteiger partial charge in [-0.05, 0) is 79.9 Å². The Hall–Kier alpha value is -5.10. The molecule has 0 atom stereocenters. The van der Waals surface area contributed by atoms with Crippen molar-refractivity contribution in [2.75, 3.05) is 37.0 Å². The molecule has 43 heavy (non-hydrogen) atoms. The minimum Gasteiger partial charge on any atom is -0.466 e. The van der Waals surface area contributed by atoms with E-state index in [9.17, 15) is 14.4 Å². The maximum Gasteiger partial charge on any atom is 0.435 e. The molecule has 0 radical (unpaired) electrons. The lowest BCUT2D eigenvalue weighted by Gasteiger charge is -2.20. The molecule has 3 rings (SSSR count). The van der Waals surface area contributed by atoms with Crippen molar-refractivity contribution in [1.82, 2.24) is 0 Å². The number of aliphatic imine (C=N–C) groups is 1. The van der Waals surface area contributed by atoms with Gasteiger partial charge in [-0.2, -0.15) is 4.99 Å². The zero-order valence-corrected chi connectivity index (χ0v) is 25.1. The summed E-state index contributed by atoms with van der Waals surface area (Å²) in [6.07, 6.45) is 0.947. The van der Waals surface area contributed by atoms with Gasteiger partial charge >= 0.3 is 12.1 Å². The van der Waals surface area contributed by atoms with Crippen LogP contribution in [0, 0.1) is 18.8 Å². The molecule has 3 N–H and O–H groups in total. The largest absolute Gasteiger partial charge is 0.466 e. The molecule has 9 nitrogen and oxygen atoms in total. The average Bonchev–Trinajstić information content (AvgIpc) is 3.00. The molecule has 0 spiro atoms. The molecular formula is C34H38N4O5. The van der Waals surface area contributed by atoms with Gasteiger partial charge in [0.1, 0.15) is 5.84 Å². The van der Waals surface area contributed by atoms with Gasteiger partial charge in [0.05, 0.1) is 26.2 Å². The van der Waals surface area contributed by atoms with Gasteiger partial charge in [0.15, 0.2) is 0 Å². The Morgan fingerprint density at radius 1 is 1.00 bits per heavy atom. The van der Waals surface area contributed by atoms with Crippen molar-refractivity contribution in [3.63, 3.8) is 0 Å². The van der Waals surface area contributed by atoms with E-state index in [1.165, 1.54) is 0 Å². The van der Waals surface area contributed by atoms with Crippen molar-refractivity contribution < 1.29 is 23.9 Å². The highest BCUT2D eigenvalue weighted by Crippen LogP contribution is 2.22. The van der Waals surface area contributed by atoms with Crippen LogP contribution in [0.3, 0.4) is 0 Å². The first kappa shape index (κ1) is 32.4. The molecule has 3 aromatic carbocycles. The number of aryl methyl sites for hydroxylation is 1. The van der Waals surface area contributed by atoms with Crippen molar-refractivity contribution in [3.8, 4) is 11.8 Å². The van der Waals surface area contributed by atoms with E-state index in [0.717, 1.165) is 29.8 Å². The van der Waals surface area contributed by atoms with Gasteiger partial charge < -0.3 is 25.4 Å². The highest BCUT2D eigenvalue weighted by molar-refractivity contribution is 6.07. The van der Waals surface area contributed by atoms with E-state index in [4.69, 9.17) is 15.2 Å². The highest BCUT2D eigenvalue weighted by Gasteiger charge is 2.20. The number of rotatable bonds is 11. The van der Waals surface area contributed by atoms with Gasteiger partial charge in [-0.1, -0.05) is 43.4 Å². The lowest BCUT2D eigenvalue weighted by Crippen LogP contribution is -2.28. The molecule has 0 aliphatic carbocycles. The third kappa shape index (κ3) is 9.75. The fourth-order valence-corrected chi connectivity index (χ4v) is 4.09.